The summed E-state index contributed by atoms with van der Waals surface area (Å²) in [5.41, 5.74) is 5.20. The van der Waals surface area contributed by atoms with E-state index in [2.05, 4.69) is 54.7 Å². The van der Waals surface area contributed by atoms with E-state index in [9.17, 15) is 0 Å². The maximum absolute atomic E-state index is 4.64. The number of hydrogen-bond acceptors (Lipinski definition) is 2. The van der Waals surface area contributed by atoms with Crippen molar-refractivity contribution >= 4 is 0 Å². The fraction of sp³-hybridized carbons (Fsp3) is 0.438. The summed E-state index contributed by atoms with van der Waals surface area (Å²) in [7, 11) is 0. The van der Waals surface area contributed by atoms with Gasteiger partial charge in [-0.05, 0) is 49.4 Å². The average Bonchev–Trinajstić information content (AvgIpc) is 3.11. The molecule has 1 aromatic heterocycles. The largest absolute Gasteiger partial charge is 0.308 e. The molecule has 0 radical (unpaired) electrons. The lowest BCUT2D eigenvalue weighted by Crippen LogP contribution is -2.16. The minimum atomic E-state index is 0.740. The van der Waals surface area contributed by atoms with Crippen molar-refractivity contribution in [1.29, 1.82) is 0 Å². The normalized spacial score (nSPS) is 14.8. The molecule has 1 N–H and O–H groups in total. The second kappa shape index (κ2) is 5.17. The third-order valence-corrected chi connectivity index (χ3v) is 3.81. The first-order valence-electron chi connectivity index (χ1n) is 7.03. The van der Waals surface area contributed by atoms with E-state index in [4.69, 9.17) is 0 Å². The zero-order valence-electron chi connectivity index (χ0n) is 11.7. The van der Waals surface area contributed by atoms with Crippen LogP contribution in [-0.4, -0.2) is 15.8 Å². The van der Waals surface area contributed by atoms with Crippen LogP contribution in [0.25, 0.3) is 0 Å². The van der Waals surface area contributed by atoms with Crippen LogP contribution in [0, 0.1) is 13.8 Å². The summed E-state index contributed by atoms with van der Waals surface area (Å²) in [4.78, 5) is 0. The minimum Gasteiger partial charge on any atom is -0.308 e. The molecule has 0 bridgehead atoms. The second-order valence-corrected chi connectivity index (χ2v) is 5.53. The van der Waals surface area contributed by atoms with E-state index >= 15 is 0 Å². The minimum absolute atomic E-state index is 0.740. The van der Waals surface area contributed by atoms with Crippen LogP contribution in [0.15, 0.2) is 30.5 Å². The molecular weight excluding hydrogens is 234 g/mol. The third kappa shape index (κ3) is 3.04. The average molecular weight is 255 g/mol. The number of rotatable bonds is 5. The van der Waals surface area contributed by atoms with Gasteiger partial charge in [-0.3, -0.25) is 4.68 Å². The molecule has 0 atom stereocenters. The van der Waals surface area contributed by atoms with Gasteiger partial charge < -0.3 is 5.32 Å². The number of aryl methyl sites for hydroxylation is 2. The Morgan fingerprint density at radius 1 is 1.21 bits per heavy atom. The molecule has 1 saturated carbocycles. The Morgan fingerprint density at radius 2 is 1.95 bits per heavy atom. The van der Waals surface area contributed by atoms with Gasteiger partial charge in [0.05, 0.1) is 12.2 Å². The number of hydrogen-bond donors (Lipinski definition) is 1. The van der Waals surface area contributed by atoms with Crippen LogP contribution >= 0.6 is 0 Å². The summed E-state index contributed by atoms with van der Waals surface area (Å²) in [5.74, 6) is 0. The lowest BCUT2D eigenvalue weighted by molar-refractivity contribution is 0.629. The van der Waals surface area contributed by atoms with Crippen LogP contribution < -0.4 is 5.32 Å². The van der Waals surface area contributed by atoms with Gasteiger partial charge in [-0.2, -0.15) is 5.10 Å². The maximum Gasteiger partial charge on any atom is 0.0762 e. The highest BCUT2D eigenvalue weighted by atomic mass is 15.3. The van der Waals surface area contributed by atoms with Gasteiger partial charge in [0.25, 0.3) is 0 Å². The number of nitrogens with zero attached hydrogens (tertiary/aromatic N) is 2. The molecule has 3 heteroatoms. The standard InChI is InChI=1S/C16H21N3/c1-12-4-3-5-13(2)16(12)11-19-9-8-15(18-19)10-17-14-6-7-14/h3-5,8-9,14,17H,6-7,10-11H2,1-2H3. The zero-order chi connectivity index (χ0) is 13.2. The molecule has 1 aliphatic carbocycles. The first kappa shape index (κ1) is 12.4. The number of nitrogens with one attached hydrogen (secondary N) is 1. The fourth-order valence-electron chi connectivity index (χ4n) is 2.38. The van der Waals surface area contributed by atoms with Crippen molar-refractivity contribution in [3.63, 3.8) is 0 Å². The van der Waals surface area contributed by atoms with Gasteiger partial charge in [0.2, 0.25) is 0 Å². The van der Waals surface area contributed by atoms with E-state index in [1.165, 1.54) is 29.5 Å². The molecule has 100 valence electrons. The highest BCUT2D eigenvalue weighted by Gasteiger charge is 2.20. The van der Waals surface area contributed by atoms with Crippen molar-refractivity contribution in [2.75, 3.05) is 0 Å². The van der Waals surface area contributed by atoms with Crippen molar-refractivity contribution in [1.82, 2.24) is 15.1 Å². The van der Waals surface area contributed by atoms with Crippen molar-refractivity contribution < 1.29 is 0 Å². The van der Waals surface area contributed by atoms with Gasteiger partial charge in [0, 0.05) is 18.8 Å². The molecule has 0 amide bonds. The summed E-state index contributed by atoms with van der Waals surface area (Å²) in [5, 5.41) is 8.14. The van der Waals surface area contributed by atoms with Crippen LogP contribution in [0.1, 0.15) is 35.2 Å². The topological polar surface area (TPSA) is 29.9 Å². The van der Waals surface area contributed by atoms with Gasteiger partial charge in [0.15, 0.2) is 0 Å². The van der Waals surface area contributed by atoms with Gasteiger partial charge >= 0.3 is 0 Å². The zero-order valence-corrected chi connectivity index (χ0v) is 11.7. The molecular formula is C16H21N3. The molecule has 3 rings (SSSR count). The van der Waals surface area contributed by atoms with E-state index in [1.54, 1.807) is 0 Å². The van der Waals surface area contributed by atoms with E-state index in [0.717, 1.165) is 24.8 Å². The maximum atomic E-state index is 4.64. The van der Waals surface area contributed by atoms with Crippen LogP contribution in [0.2, 0.25) is 0 Å². The number of aromatic nitrogens is 2. The Hall–Kier alpha value is -1.61. The van der Waals surface area contributed by atoms with E-state index in [0.29, 0.717) is 0 Å². The highest BCUT2D eigenvalue weighted by Crippen LogP contribution is 2.19. The first-order chi connectivity index (χ1) is 9.22. The molecule has 0 unspecified atom stereocenters. The van der Waals surface area contributed by atoms with Crippen molar-refractivity contribution in [3.8, 4) is 0 Å². The monoisotopic (exact) mass is 255 g/mol. The smallest absolute Gasteiger partial charge is 0.0762 e. The molecule has 1 heterocycles. The molecule has 1 aromatic carbocycles. The summed E-state index contributed by atoms with van der Waals surface area (Å²) in [6.45, 7) is 6.09. The lowest BCUT2D eigenvalue weighted by Gasteiger charge is -2.09. The summed E-state index contributed by atoms with van der Waals surface area (Å²) in [6.07, 6.45) is 4.72. The number of benzene rings is 1. The van der Waals surface area contributed by atoms with Crippen molar-refractivity contribution in [2.24, 2.45) is 0 Å². The SMILES string of the molecule is Cc1cccc(C)c1Cn1ccc(CNC2CC2)n1. The van der Waals surface area contributed by atoms with Crippen LogP contribution in [-0.2, 0) is 13.1 Å². The molecule has 0 spiro atoms. The Morgan fingerprint density at radius 3 is 2.63 bits per heavy atom. The molecule has 1 aliphatic rings. The lowest BCUT2D eigenvalue weighted by atomic mass is 10.0. The summed E-state index contributed by atoms with van der Waals surface area (Å²) < 4.78 is 2.04. The van der Waals surface area contributed by atoms with E-state index in [-0.39, 0.29) is 0 Å². The quantitative estimate of drug-likeness (QED) is 0.890. The predicted molar refractivity (Wildman–Crippen MR) is 77.1 cm³/mol. The van der Waals surface area contributed by atoms with Crippen molar-refractivity contribution in [3.05, 3.63) is 52.8 Å². The fourth-order valence-corrected chi connectivity index (χ4v) is 2.38. The van der Waals surface area contributed by atoms with Gasteiger partial charge in [-0.15, -0.1) is 0 Å². The molecule has 3 nitrogen and oxygen atoms in total. The van der Waals surface area contributed by atoms with Crippen LogP contribution in [0.3, 0.4) is 0 Å². The van der Waals surface area contributed by atoms with E-state index < -0.39 is 0 Å². The second-order valence-electron chi connectivity index (χ2n) is 5.53. The molecule has 2 aromatic rings. The van der Waals surface area contributed by atoms with Crippen LogP contribution in [0.5, 0.6) is 0 Å². The molecule has 0 saturated heterocycles. The Bertz CT molecular complexity index is 547. The van der Waals surface area contributed by atoms with Crippen LogP contribution in [0.4, 0.5) is 0 Å². The Labute approximate surface area is 114 Å². The third-order valence-electron chi connectivity index (χ3n) is 3.81. The first-order valence-corrected chi connectivity index (χ1v) is 7.03. The molecule has 19 heavy (non-hydrogen) atoms. The highest BCUT2D eigenvalue weighted by molar-refractivity contribution is 5.33. The van der Waals surface area contributed by atoms with E-state index in [1.807, 2.05) is 4.68 Å². The summed E-state index contributed by atoms with van der Waals surface area (Å²) >= 11 is 0. The Kier molecular flexibility index (Phi) is 3.38. The van der Waals surface area contributed by atoms with Gasteiger partial charge in [-0.1, -0.05) is 18.2 Å². The van der Waals surface area contributed by atoms with Crippen molar-refractivity contribution in [2.45, 2.75) is 45.8 Å². The van der Waals surface area contributed by atoms with Gasteiger partial charge in [0.1, 0.15) is 0 Å². The Balaban J connectivity index is 1.68. The van der Waals surface area contributed by atoms with Gasteiger partial charge in [-0.25, -0.2) is 0 Å². The molecule has 1 fully saturated rings. The molecule has 0 aliphatic heterocycles. The summed E-state index contributed by atoms with van der Waals surface area (Å²) in [6, 6.07) is 9.30. The predicted octanol–water partition coefficient (Wildman–Crippen LogP) is 2.80.